The van der Waals surface area contributed by atoms with Gasteiger partial charge >= 0.3 is 5.97 Å². The van der Waals surface area contributed by atoms with E-state index in [4.69, 9.17) is 16.3 Å². The number of fused-ring (bicyclic) bond motifs is 1. The number of esters is 1. The Labute approximate surface area is 171 Å². The van der Waals surface area contributed by atoms with Gasteiger partial charge in [0.25, 0.3) is 5.91 Å². The lowest BCUT2D eigenvalue weighted by Crippen LogP contribution is -2.22. The van der Waals surface area contributed by atoms with E-state index in [1.165, 1.54) is 17.4 Å². The van der Waals surface area contributed by atoms with Crippen molar-refractivity contribution in [3.63, 3.8) is 0 Å². The first-order valence-electron chi connectivity index (χ1n) is 8.75. The van der Waals surface area contributed by atoms with Gasteiger partial charge in [0.1, 0.15) is 6.54 Å². The molecule has 0 aliphatic heterocycles. The Hall–Kier alpha value is -2.70. The molecule has 144 valence electrons. The van der Waals surface area contributed by atoms with Crippen LogP contribution in [-0.4, -0.2) is 23.1 Å². The molecular weight excluding hydrogens is 396 g/mol. The predicted octanol–water partition coefficient (Wildman–Crippen LogP) is 4.37. The molecule has 3 rings (SSSR count). The third kappa shape index (κ3) is 4.77. The number of rotatable bonds is 5. The molecule has 0 saturated heterocycles. The summed E-state index contributed by atoms with van der Waals surface area (Å²) in [5, 5.41) is 0.557. The number of thiazole rings is 1. The minimum atomic E-state index is -0.430. The van der Waals surface area contributed by atoms with Crippen LogP contribution in [0.15, 0.2) is 53.5 Å². The molecule has 0 aliphatic carbocycles. The van der Waals surface area contributed by atoms with Crippen molar-refractivity contribution < 1.29 is 14.3 Å². The van der Waals surface area contributed by atoms with Crippen LogP contribution in [-0.2, 0) is 20.9 Å². The van der Waals surface area contributed by atoms with Crippen molar-refractivity contribution in [1.29, 1.82) is 0 Å². The van der Waals surface area contributed by atoms with Crippen LogP contribution in [0.25, 0.3) is 16.3 Å². The first-order valence-corrected chi connectivity index (χ1v) is 9.94. The van der Waals surface area contributed by atoms with Crippen LogP contribution >= 0.6 is 22.9 Å². The van der Waals surface area contributed by atoms with E-state index in [-0.39, 0.29) is 12.5 Å². The molecule has 7 heteroatoms. The molecule has 1 amide bonds. The summed E-state index contributed by atoms with van der Waals surface area (Å²) in [5.74, 6) is -0.802. The number of aryl methyl sites for hydroxylation is 1. The molecule has 0 aliphatic rings. The van der Waals surface area contributed by atoms with Gasteiger partial charge in [0.15, 0.2) is 4.80 Å². The number of nitrogens with zero attached hydrogens (tertiary/aromatic N) is 2. The van der Waals surface area contributed by atoms with Crippen molar-refractivity contribution in [2.24, 2.45) is 4.99 Å². The lowest BCUT2D eigenvalue weighted by Gasteiger charge is -2.05. The molecular formula is C21H19ClN2O3S. The highest BCUT2D eigenvalue weighted by Gasteiger charge is 2.12. The molecule has 0 spiro atoms. The largest absolute Gasteiger partial charge is 0.465 e. The molecule has 3 aromatic rings. The first kappa shape index (κ1) is 20.0. The highest BCUT2D eigenvalue weighted by Crippen LogP contribution is 2.19. The minimum absolute atomic E-state index is 0.00274. The Morgan fingerprint density at radius 1 is 1.25 bits per heavy atom. The van der Waals surface area contributed by atoms with E-state index in [1.54, 1.807) is 23.6 Å². The fourth-order valence-electron chi connectivity index (χ4n) is 2.66. The van der Waals surface area contributed by atoms with Crippen molar-refractivity contribution >= 4 is 51.1 Å². The van der Waals surface area contributed by atoms with Gasteiger partial charge in [-0.05, 0) is 49.2 Å². The summed E-state index contributed by atoms with van der Waals surface area (Å²) in [5.41, 5.74) is 2.66. The van der Waals surface area contributed by atoms with E-state index in [0.29, 0.717) is 16.4 Å². The van der Waals surface area contributed by atoms with Crippen LogP contribution in [0.4, 0.5) is 0 Å². The molecule has 28 heavy (non-hydrogen) atoms. The van der Waals surface area contributed by atoms with Crippen LogP contribution in [0, 0.1) is 6.92 Å². The number of halogens is 1. The molecule has 2 aromatic carbocycles. The molecule has 0 atom stereocenters. The Bertz CT molecular complexity index is 1130. The summed E-state index contributed by atoms with van der Waals surface area (Å²) in [4.78, 5) is 29.0. The second kappa shape index (κ2) is 8.99. The van der Waals surface area contributed by atoms with E-state index >= 15 is 0 Å². The summed E-state index contributed by atoms with van der Waals surface area (Å²) >= 11 is 7.46. The summed E-state index contributed by atoms with van der Waals surface area (Å²) in [6, 6.07) is 13.1. The fourth-order valence-corrected chi connectivity index (χ4v) is 3.99. The van der Waals surface area contributed by atoms with Crippen molar-refractivity contribution in [3.05, 3.63) is 69.5 Å². The van der Waals surface area contributed by atoms with Crippen LogP contribution in [0.3, 0.4) is 0 Å². The van der Waals surface area contributed by atoms with E-state index in [0.717, 1.165) is 21.3 Å². The molecule has 0 saturated carbocycles. The van der Waals surface area contributed by atoms with Gasteiger partial charge in [0.2, 0.25) is 0 Å². The predicted molar refractivity (Wildman–Crippen MR) is 112 cm³/mol. The van der Waals surface area contributed by atoms with Crippen molar-refractivity contribution in [2.75, 3.05) is 6.61 Å². The Morgan fingerprint density at radius 3 is 2.79 bits per heavy atom. The van der Waals surface area contributed by atoms with Gasteiger partial charge < -0.3 is 9.30 Å². The Balaban J connectivity index is 1.99. The highest BCUT2D eigenvalue weighted by atomic mass is 35.5. The van der Waals surface area contributed by atoms with Gasteiger partial charge in [-0.25, -0.2) is 0 Å². The average Bonchev–Trinajstić information content (AvgIpc) is 2.97. The summed E-state index contributed by atoms with van der Waals surface area (Å²) in [6.45, 7) is 4.04. The average molecular weight is 415 g/mol. The van der Waals surface area contributed by atoms with E-state index in [2.05, 4.69) is 4.99 Å². The van der Waals surface area contributed by atoms with Crippen molar-refractivity contribution in [3.8, 4) is 0 Å². The normalized spacial score (nSPS) is 12.0. The minimum Gasteiger partial charge on any atom is -0.465 e. The lowest BCUT2D eigenvalue weighted by atomic mass is 10.2. The van der Waals surface area contributed by atoms with E-state index < -0.39 is 5.91 Å². The molecule has 0 radical (unpaired) electrons. The second-order valence-electron chi connectivity index (χ2n) is 6.05. The quantitative estimate of drug-likeness (QED) is 0.460. The maximum absolute atomic E-state index is 12.4. The zero-order valence-electron chi connectivity index (χ0n) is 15.5. The molecule has 0 N–H and O–H groups in total. The van der Waals surface area contributed by atoms with Gasteiger partial charge in [0, 0.05) is 11.1 Å². The van der Waals surface area contributed by atoms with Crippen LogP contribution in [0.1, 0.15) is 18.1 Å². The van der Waals surface area contributed by atoms with Gasteiger partial charge in [-0.3, -0.25) is 9.59 Å². The number of carbonyl (C=O) groups is 2. The maximum atomic E-state index is 12.4. The lowest BCUT2D eigenvalue weighted by molar-refractivity contribution is -0.143. The zero-order valence-corrected chi connectivity index (χ0v) is 17.1. The Kier molecular flexibility index (Phi) is 6.44. The second-order valence-corrected chi connectivity index (χ2v) is 7.47. The number of ether oxygens (including phenoxy) is 1. The molecule has 0 unspecified atom stereocenters. The van der Waals surface area contributed by atoms with Gasteiger partial charge in [-0.1, -0.05) is 47.2 Å². The summed E-state index contributed by atoms with van der Waals surface area (Å²) < 4.78 is 7.71. The number of carbonyl (C=O) groups excluding carboxylic acids is 2. The summed E-state index contributed by atoms with van der Waals surface area (Å²) in [6.07, 6.45) is 2.99. The first-order chi connectivity index (χ1) is 13.5. The zero-order chi connectivity index (χ0) is 20.1. The number of amides is 1. The van der Waals surface area contributed by atoms with Crippen LogP contribution in [0.2, 0.25) is 5.02 Å². The number of aromatic nitrogens is 1. The standard InChI is InChI=1S/C21H19ClN2O3S/c1-3-27-20(26)13-24-17-10-8-14(2)12-18(17)28-21(24)23-19(25)11-9-15-6-4-5-7-16(15)22/h4-12H,3,13H2,1-2H3/b11-9+,23-21?. The molecule has 0 bridgehead atoms. The van der Waals surface area contributed by atoms with Gasteiger partial charge in [-0.2, -0.15) is 4.99 Å². The maximum Gasteiger partial charge on any atom is 0.326 e. The third-order valence-corrected chi connectivity index (χ3v) is 5.33. The van der Waals surface area contributed by atoms with Crippen LogP contribution in [0.5, 0.6) is 0 Å². The third-order valence-electron chi connectivity index (χ3n) is 3.95. The summed E-state index contributed by atoms with van der Waals surface area (Å²) in [7, 11) is 0. The molecule has 1 aromatic heterocycles. The Morgan fingerprint density at radius 2 is 2.04 bits per heavy atom. The van der Waals surface area contributed by atoms with Gasteiger partial charge in [-0.15, -0.1) is 0 Å². The van der Waals surface area contributed by atoms with Crippen molar-refractivity contribution in [1.82, 2.24) is 4.57 Å². The fraction of sp³-hybridized carbons (Fsp3) is 0.190. The molecule has 5 nitrogen and oxygen atoms in total. The van der Waals surface area contributed by atoms with Crippen molar-refractivity contribution in [2.45, 2.75) is 20.4 Å². The van der Waals surface area contributed by atoms with Crippen LogP contribution < -0.4 is 4.80 Å². The topological polar surface area (TPSA) is 60.7 Å². The SMILES string of the molecule is CCOC(=O)Cn1c(=NC(=O)/C=C/c2ccccc2Cl)sc2cc(C)ccc21. The number of benzene rings is 2. The monoisotopic (exact) mass is 414 g/mol. The number of hydrogen-bond acceptors (Lipinski definition) is 4. The molecule has 1 heterocycles. The van der Waals surface area contributed by atoms with Gasteiger partial charge in [0.05, 0.1) is 16.8 Å². The highest BCUT2D eigenvalue weighted by molar-refractivity contribution is 7.16. The number of hydrogen-bond donors (Lipinski definition) is 0. The van der Waals surface area contributed by atoms with E-state index in [1.807, 2.05) is 43.3 Å². The smallest absolute Gasteiger partial charge is 0.326 e. The van der Waals surface area contributed by atoms with E-state index in [9.17, 15) is 9.59 Å². The molecule has 0 fully saturated rings.